The molecule has 122 valence electrons. The highest BCUT2D eigenvalue weighted by molar-refractivity contribution is 5.04. The standard InChI is InChI=1S/C18H35N3/c1-6-10-12-18(8-3,15-19-9-4)14-17-11-13-21(20-17)16(5)7-2/h11,13,16,19H,6-10,12,14-15H2,1-5H3. The van der Waals surface area contributed by atoms with E-state index in [2.05, 4.69) is 56.9 Å². The van der Waals surface area contributed by atoms with E-state index in [1.165, 1.54) is 31.4 Å². The van der Waals surface area contributed by atoms with Crippen LogP contribution >= 0.6 is 0 Å². The second-order valence-electron chi connectivity index (χ2n) is 6.46. The lowest BCUT2D eigenvalue weighted by Gasteiger charge is -2.33. The van der Waals surface area contributed by atoms with Crippen LogP contribution in [0.2, 0.25) is 0 Å². The number of nitrogens with zero attached hydrogens (tertiary/aromatic N) is 2. The fraction of sp³-hybridized carbons (Fsp3) is 0.833. The molecule has 2 unspecified atom stereocenters. The summed E-state index contributed by atoms with van der Waals surface area (Å²) < 4.78 is 2.13. The quantitative estimate of drug-likeness (QED) is 0.646. The Kier molecular flexibility index (Phi) is 8.02. The van der Waals surface area contributed by atoms with Crippen molar-refractivity contribution in [2.45, 2.75) is 79.2 Å². The van der Waals surface area contributed by atoms with Gasteiger partial charge in [0.2, 0.25) is 0 Å². The number of unbranched alkanes of at least 4 members (excludes halogenated alkanes) is 1. The van der Waals surface area contributed by atoms with Gasteiger partial charge in [-0.2, -0.15) is 5.10 Å². The van der Waals surface area contributed by atoms with E-state index in [0.717, 1.165) is 25.9 Å². The largest absolute Gasteiger partial charge is 0.316 e. The molecule has 0 saturated carbocycles. The summed E-state index contributed by atoms with van der Waals surface area (Å²) in [6.45, 7) is 13.4. The second-order valence-corrected chi connectivity index (χ2v) is 6.46. The molecule has 0 amide bonds. The Bertz CT molecular complexity index is 376. The molecule has 1 aromatic heterocycles. The summed E-state index contributed by atoms with van der Waals surface area (Å²) in [5.74, 6) is 0. The van der Waals surface area contributed by atoms with E-state index in [-0.39, 0.29) is 0 Å². The third-order valence-electron chi connectivity index (χ3n) is 4.82. The van der Waals surface area contributed by atoms with Gasteiger partial charge in [0, 0.05) is 18.8 Å². The fourth-order valence-corrected chi connectivity index (χ4v) is 2.90. The van der Waals surface area contributed by atoms with Crippen LogP contribution < -0.4 is 5.32 Å². The second kappa shape index (κ2) is 9.24. The molecule has 1 rings (SSSR count). The van der Waals surface area contributed by atoms with E-state index in [0.29, 0.717) is 11.5 Å². The molecule has 3 nitrogen and oxygen atoms in total. The monoisotopic (exact) mass is 293 g/mol. The molecular weight excluding hydrogens is 258 g/mol. The average Bonchev–Trinajstić information content (AvgIpc) is 2.97. The van der Waals surface area contributed by atoms with Crippen molar-refractivity contribution in [3.63, 3.8) is 0 Å². The van der Waals surface area contributed by atoms with E-state index in [4.69, 9.17) is 5.10 Å². The molecule has 0 aliphatic rings. The van der Waals surface area contributed by atoms with Crippen LogP contribution in [0, 0.1) is 5.41 Å². The molecule has 1 heterocycles. The minimum atomic E-state index is 0.362. The molecule has 1 N–H and O–H groups in total. The first-order valence-electron chi connectivity index (χ1n) is 8.85. The third-order valence-corrected chi connectivity index (χ3v) is 4.82. The molecule has 0 aliphatic heterocycles. The Labute approximate surface area is 131 Å². The van der Waals surface area contributed by atoms with Crippen LogP contribution in [0.3, 0.4) is 0 Å². The lowest BCUT2D eigenvalue weighted by Crippen LogP contribution is -2.36. The summed E-state index contributed by atoms with van der Waals surface area (Å²) in [6.07, 6.45) is 9.48. The van der Waals surface area contributed by atoms with Gasteiger partial charge in [-0.05, 0) is 50.6 Å². The van der Waals surface area contributed by atoms with Crippen molar-refractivity contribution in [1.82, 2.24) is 15.1 Å². The van der Waals surface area contributed by atoms with E-state index >= 15 is 0 Å². The fourth-order valence-electron chi connectivity index (χ4n) is 2.90. The number of hydrogen-bond donors (Lipinski definition) is 1. The number of rotatable bonds is 11. The SMILES string of the molecule is CCCCC(CC)(CNCC)Cc1ccn(C(C)CC)n1. The molecule has 0 fully saturated rings. The molecule has 2 atom stereocenters. The van der Waals surface area contributed by atoms with Crippen molar-refractivity contribution in [1.29, 1.82) is 0 Å². The topological polar surface area (TPSA) is 29.9 Å². The van der Waals surface area contributed by atoms with Gasteiger partial charge in [0.1, 0.15) is 0 Å². The van der Waals surface area contributed by atoms with Crippen LogP contribution in [0.25, 0.3) is 0 Å². The Morgan fingerprint density at radius 2 is 2.05 bits per heavy atom. The first-order chi connectivity index (χ1) is 10.1. The van der Waals surface area contributed by atoms with Crippen molar-refractivity contribution in [2.24, 2.45) is 5.41 Å². The molecule has 0 radical (unpaired) electrons. The van der Waals surface area contributed by atoms with E-state index < -0.39 is 0 Å². The molecule has 0 spiro atoms. The Hall–Kier alpha value is -0.830. The predicted molar refractivity (Wildman–Crippen MR) is 91.7 cm³/mol. The van der Waals surface area contributed by atoms with Crippen LogP contribution in [0.1, 0.15) is 78.5 Å². The van der Waals surface area contributed by atoms with E-state index in [1.54, 1.807) is 0 Å². The Morgan fingerprint density at radius 1 is 1.29 bits per heavy atom. The Morgan fingerprint density at radius 3 is 2.62 bits per heavy atom. The maximum absolute atomic E-state index is 4.82. The first-order valence-corrected chi connectivity index (χ1v) is 8.85. The lowest BCUT2D eigenvalue weighted by atomic mass is 9.76. The average molecular weight is 293 g/mol. The lowest BCUT2D eigenvalue weighted by molar-refractivity contribution is 0.227. The summed E-state index contributed by atoms with van der Waals surface area (Å²) in [5.41, 5.74) is 1.62. The Balaban J connectivity index is 2.80. The summed E-state index contributed by atoms with van der Waals surface area (Å²) >= 11 is 0. The van der Waals surface area contributed by atoms with Crippen LogP contribution in [0.4, 0.5) is 0 Å². The predicted octanol–water partition coefficient (Wildman–Crippen LogP) is 4.59. The van der Waals surface area contributed by atoms with Crippen molar-refractivity contribution >= 4 is 0 Å². The molecule has 0 saturated heterocycles. The first kappa shape index (κ1) is 18.2. The zero-order valence-electron chi connectivity index (χ0n) is 14.8. The summed E-state index contributed by atoms with van der Waals surface area (Å²) in [4.78, 5) is 0. The van der Waals surface area contributed by atoms with Crippen LogP contribution in [0.5, 0.6) is 0 Å². The molecule has 3 heteroatoms. The molecule has 21 heavy (non-hydrogen) atoms. The normalized spacial score (nSPS) is 15.9. The zero-order chi connectivity index (χ0) is 15.7. The highest BCUT2D eigenvalue weighted by Gasteiger charge is 2.28. The maximum Gasteiger partial charge on any atom is 0.0630 e. The minimum absolute atomic E-state index is 0.362. The summed E-state index contributed by atoms with van der Waals surface area (Å²) in [6, 6.07) is 2.72. The van der Waals surface area contributed by atoms with Crippen molar-refractivity contribution < 1.29 is 0 Å². The van der Waals surface area contributed by atoms with Crippen molar-refractivity contribution in [3.05, 3.63) is 18.0 Å². The highest BCUT2D eigenvalue weighted by atomic mass is 15.3. The van der Waals surface area contributed by atoms with Gasteiger partial charge in [0.25, 0.3) is 0 Å². The van der Waals surface area contributed by atoms with E-state index in [1.807, 2.05) is 0 Å². The van der Waals surface area contributed by atoms with Crippen LogP contribution in [-0.2, 0) is 6.42 Å². The van der Waals surface area contributed by atoms with Crippen molar-refractivity contribution in [2.75, 3.05) is 13.1 Å². The van der Waals surface area contributed by atoms with Gasteiger partial charge in [0.15, 0.2) is 0 Å². The van der Waals surface area contributed by atoms with Gasteiger partial charge in [-0.3, -0.25) is 4.68 Å². The van der Waals surface area contributed by atoms with Crippen molar-refractivity contribution in [3.8, 4) is 0 Å². The van der Waals surface area contributed by atoms with Gasteiger partial charge in [-0.1, -0.05) is 40.5 Å². The number of nitrogens with one attached hydrogen (secondary N) is 1. The molecular formula is C18H35N3. The smallest absolute Gasteiger partial charge is 0.0630 e. The third kappa shape index (κ3) is 5.46. The van der Waals surface area contributed by atoms with Gasteiger partial charge >= 0.3 is 0 Å². The molecule has 0 aliphatic carbocycles. The highest BCUT2D eigenvalue weighted by Crippen LogP contribution is 2.32. The number of aromatic nitrogens is 2. The van der Waals surface area contributed by atoms with Gasteiger partial charge in [-0.25, -0.2) is 0 Å². The molecule has 0 aromatic carbocycles. The van der Waals surface area contributed by atoms with Crippen LogP contribution in [0.15, 0.2) is 12.3 Å². The minimum Gasteiger partial charge on any atom is -0.316 e. The summed E-state index contributed by atoms with van der Waals surface area (Å²) in [5, 5.41) is 8.39. The van der Waals surface area contributed by atoms with Gasteiger partial charge in [-0.15, -0.1) is 0 Å². The van der Waals surface area contributed by atoms with Gasteiger partial charge in [0.05, 0.1) is 5.69 Å². The zero-order valence-corrected chi connectivity index (χ0v) is 14.8. The summed E-state index contributed by atoms with van der Waals surface area (Å²) in [7, 11) is 0. The molecule has 1 aromatic rings. The van der Waals surface area contributed by atoms with Gasteiger partial charge < -0.3 is 5.32 Å². The van der Waals surface area contributed by atoms with E-state index in [9.17, 15) is 0 Å². The van der Waals surface area contributed by atoms with Crippen LogP contribution in [-0.4, -0.2) is 22.9 Å². The molecule has 0 bridgehead atoms. The number of hydrogen-bond acceptors (Lipinski definition) is 2. The maximum atomic E-state index is 4.82.